The van der Waals surface area contributed by atoms with Crippen molar-refractivity contribution in [1.82, 2.24) is 9.97 Å². The van der Waals surface area contributed by atoms with E-state index in [1.54, 1.807) is 29.7 Å². The summed E-state index contributed by atoms with van der Waals surface area (Å²) < 4.78 is 0. The van der Waals surface area contributed by atoms with Gasteiger partial charge in [-0.15, -0.1) is 0 Å². The van der Waals surface area contributed by atoms with Crippen molar-refractivity contribution in [3.05, 3.63) is 36.0 Å². The summed E-state index contributed by atoms with van der Waals surface area (Å²) in [4.78, 5) is 18.9. The van der Waals surface area contributed by atoms with Crippen LogP contribution in [0.2, 0.25) is 0 Å². The van der Waals surface area contributed by atoms with Crippen molar-refractivity contribution in [2.75, 3.05) is 22.9 Å². The van der Waals surface area contributed by atoms with E-state index in [1.165, 1.54) is 13.2 Å². The smallest absolute Gasteiger partial charge is 0.254 e. The fourth-order valence-electron chi connectivity index (χ4n) is 1.60. The highest BCUT2D eigenvalue weighted by atomic mass is 16.5. The van der Waals surface area contributed by atoms with Gasteiger partial charge in [-0.1, -0.05) is 13.8 Å². The average molecular weight is 320 g/mol. The highest BCUT2D eigenvalue weighted by molar-refractivity contribution is 5.97. The van der Waals surface area contributed by atoms with E-state index in [0.29, 0.717) is 11.4 Å². The topological polar surface area (TPSA) is 137 Å². The number of anilines is 4. The summed E-state index contributed by atoms with van der Waals surface area (Å²) in [5.41, 5.74) is 8.16. The van der Waals surface area contributed by atoms with Crippen molar-refractivity contribution in [3.8, 4) is 0 Å². The summed E-state index contributed by atoms with van der Waals surface area (Å²) >= 11 is 0. The molecule has 0 fully saturated rings. The van der Waals surface area contributed by atoms with E-state index in [1.807, 2.05) is 13.8 Å². The van der Waals surface area contributed by atoms with E-state index in [4.69, 9.17) is 10.9 Å². The Morgan fingerprint density at radius 3 is 2.35 bits per heavy atom. The Labute approximate surface area is 133 Å². The Morgan fingerprint density at radius 2 is 1.87 bits per heavy atom. The minimum atomic E-state index is -0.756. The molecule has 0 bridgehead atoms. The minimum absolute atomic E-state index is 0.0275. The molecule has 124 valence electrons. The number of carbonyl (C=O) groups is 1. The van der Waals surface area contributed by atoms with Crippen LogP contribution in [0.1, 0.15) is 24.2 Å². The maximum atomic E-state index is 11.1. The highest BCUT2D eigenvalue weighted by Gasteiger charge is 2.11. The molecule has 0 unspecified atom stereocenters. The Hall–Kier alpha value is -2.91. The van der Waals surface area contributed by atoms with Crippen molar-refractivity contribution in [2.24, 2.45) is 5.73 Å². The minimum Gasteiger partial charge on any atom is -0.365 e. The second-order valence-electron chi connectivity index (χ2n) is 4.13. The first-order valence-corrected chi connectivity index (χ1v) is 6.88. The van der Waals surface area contributed by atoms with Crippen LogP contribution in [0.3, 0.4) is 0 Å². The number of nitrogens with zero attached hydrogens (tertiary/aromatic N) is 3. The van der Waals surface area contributed by atoms with Crippen LogP contribution >= 0.6 is 0 Å². The first-order chi connectivity index (χ1) is 11.0. The molecule has 2 rings (SSSR count). The number of amides is 1. The Morgan fingerprint density at radius 1 is 1.26 bits per heavy atom. The number of benzene rings is 1. The largest absolute Gasteiger partial charge is 0.365 e. The van der Waals surface area contributed by atoms with E-state index < -0.39 is 5.91 Å². The summed E-state index contributed by atoms with van der Waals surface area (Å²) in [6, 6.07) is 6.79. The number of nitrogens with one attached hydrogen (secondary N) is 2. The zero-order valence-corrected chi connectivity index (χ0v) is 13.1. The molecule has 0 aliphatic rings. The van der Waals surface area contributed by atoms with Gasteiger partial charge < -0.3 is 11.1 Å². The monoisotopic (exact) mass is 320 g/mol. The maximum absolute atomic E-state index is 11.1. The molecule has 2 aromatic rings. The third kappa shape index (κ3) is 4.80. The molecule has 0 aliphatic carbocycles. The van der Waals surface area contributed by atoms with Crippen LogP contribution in [0, 0.1) is 0 Å². The highest BCUT2D eigenvalue weighted by Crippen LogP contribution is 2.19. The SMILES string of the molecule is CC.CN(O)c1ccc(Nc2ncc(C(N)=O)c(NO)n2)cc1. The number of carbonyl (C=O) groups excluding carboxylic acids is 1. The fourth-order valence-corrected chi connectivity index (χ4v) is 1.60. The van der Waals surface area contributed by atoms with E-state index in [0.717, 1.165) is 5.06 Å². The maximum Gasteiger partial charge on any atom is 0.254 e. The van der Waals surface area contributed by atoms with Crippen LogP contribution in [0.5, 0.6) is 0 Å². The lowest BCUT2D eigenvalue weighted by Gasteiger charge is -2.11. The predicted octanol–water partition coefficient (Wildman–Crippen LogP) is 1.97. The molecule has 9 nitrogen and oxygen atoms in total. The quantitative estimate of drug-likeness (QED) is 0.527. The number of aromatic nitrogens is 2. The standard InChI is InChI=1S/C12H14N6O3.C2H6/c1-18(21)8-4-2-7(3-5-8)15-12-14-6-9(10(13)19)11(16-12)17-20;1-2/h2-6,20-21H,1H3,(H2,13,19)(H2,14,15,16,17);1-2H3. The van der Waals surface area contributed by atoms with Gasteiger partial charge in [-0.25, -0.2) is 4.98 Å². The van der Waals surface area contributed by atoms with Crippen LogP contribution in [-0.4, -0.2) is 33.3 Å². The van der Waals surface area contributed by atoms with Crippen molar-refractivity contribution in [2.45, 2.75) is 13.8 Å². The summed E-state index contributed by atoms with van der Waals surface area (Å²) in [5, 5.41) is 22.1. The van der Waals surface area contributed by atoms with E-state index in [9.17, 15) is 10.0 Å². The van der Waals surface area contributed by atoms with Gasteiger partial charge in [0.15, 0.2) is 5.82 Å². The lowest BCUT2D eigenvalue weighted by molar-refractivity contribution is 0.0999. The summed E-state index contributed by atoms with van der Waals surface area (Å²) in [5.74, 6) is -0.679. The van der Waals surface area contributed by atoms with Crippen molar-refractivity contribution in [3.63, 3.8) is 0 Å². The van der Waals surface area contributed by atoms with Crippen molar-refractivity contribution < 1.29 is 15.2 Å². The van der Waals surface area contributed by atoms with Gasteiger partial charge in [0.05, 0.1) is 5.69 Å². The first-order valence-electron chi connectivity index (χ1n) is 6.88. The summed E-state index contributed by atoms with van der Waals surface area (Å²) in [7, 11) is 1.51. The fraction of sp³-hybridized carbons (Fsp3) is 0.214. The predicted molar refractivity (Wildman–Crippen MR) is 87.2 cm³/mol. The molecule has 1 amide bonds. The van der Waals surface area contributed by atoms with Crippen molar-refractivity contribution in [1.29, 1.82) is 0 Å². The third-order valence-corrected chi connectivity index (χ3v) is 2.66. The van der Waals surface area contributed by atoms with Crippen LogP contribution in [0.4, 0.5) is 23.1 Å². The molecule has 6 N–H and O–H groups in total. The van der Waals surface area contributed by atoms with Gasteiger partial charge >= 0.3 is 0 Å². The Kier molecular flexibility index (Phi) is 6.71. The van der Waals surface area contributed by atoms with E-state index in [2.05, 4.69) is 15.3 Å². The van der Waals surface area contributed by atoms with Crippen LogP contribution in [-0.2, 0) is 0 Å². The Balaban J connectivity index is 0.00000127. The second kappa shape index (κ2) is 8.51. The molecular weight excluding hydrogens is 300 g/mol. The Bertz CT molecular complexity index is 645. The molecule has 1 aromatic heterocycles. The molecule has 0 atom stereocenters. The average Bonchev–Trinajstić information content (AvgIpc) is 2.56. The van der Waals surface area contributed by atoms with E-state index >= 15 is 0 Å². The molecule has 0 saturated carbocycles. The zero-order chi connectivity index (χ0) is 17.4. The molecule has 0 radical (unpaired) electrons. The molecule has 1 heterocycles. The normalized spacial score (nSPS) is 9.43. The molecule has 1 aromatic carbocycles. The lowest BCUT2D eigenvalue weighted by Crippen LogP contribution is -2.16. The van der Waals surface area contributed by atoms with Crippen molar-refractivity contribution >= 4 is 29.0 Å². The zero-order valence-electron chi connectivity index (χ0n) is 13.1. The molecule has 0 spiro atoms. The number of nitrogens with two attached hydrogens (primary N) is 1. The molecule has 9 heteroatoms. The molecular formula is C14H20N6O3. The molecule has 23 heavy (non-hydrogen) atoms. The van der Waals surface area contributed by atoms with Gasteiger partial charge in [0.25, 0.3) is 5.91 Å². The van der Waals surface area contributed by atoms with Crippen LogP contribution < -0.4 is 21.6 Å². The van der Waals surface area contributed by atoms with Crippen LogP contribution in [0.25, 0.3) is 0 Å². The van der Waals surface area contributed by atoms with Gasteiger partial charge in [-0.2, -0.15) is 4.98 Å². The van der Waals surface area contributed by atoms with Gasteiger partial charge in [-0.05, 0) is 24.3 Å². The number of primary amides is 1. The molecule has 0 aliphatic heterocycles. The van der Waals surface area contributed by atoms with Gasteiger partial charge in [0.2, 0.25) is 5.95 Å². The summed E-state index contributed by atoms with van der Waals surface area (Å²) in [6.07, 6.45) is 1.20. The van der Waals surface area contributed by atoms with E-state index in [-0.39, 0.29) is 17.3 Å². The van der Waals surface area contributed by atoms with Gasteiger partial charge in [-0.3, -0.25) is 25.8 Å². The first kappa shape index (κ1) is 18.1. The summed E-state index contributed by atoms with van der Waals surface area (Å²) in [6.45, 7) is 4.00. The molecule has 0 saturated heterocycles. The third-order valence-electron chi connectivity index (χ3n) is 2.66. The number of hydrogen-bond donors (Lipinski definition) is 5. The van der Waals surface area contributed by atoms with Crippen LogP contribution in [0.15, 0.2) is 30.5 Å². The lowest BCUT2D eigenvalue weighted by atomic mass is 10.3. The van der Waals surface area contributed by atoms with Gasteiger partial charge in [0.1, 0.15) is 5.56 Å². The second-order valence-corrected chi connectivity index (χ2v) is 4.13. The number of rotatable bonds is 5. The number of hydroxylamine groups is 1. The number of hydrogen-bond acceptors (Lipinski definition) is 8. The van der Waals surface area contributed by atoms with Gasteiger partial charge in [0, 0.05) is 18.9 Å².